The lowest BCUT2D eigenvalue weighted by Crippen LogP contribution is -2.45. The lowest BCUT2D eigenvalue weighted by molar-refractivity contribution is -0.154. The molecule has 2 amide bonds. The van der Waals surface area contributed by atoms with E-state index in [0.29, 0.717) is 24.5 Å². The number of aromatic nitrogens is 3. The molecule has 0 spiro atoms. The number of hydrogen-bond acceptors (Lipinski definition) is 10. The highest BCUT2D eigenvalue weighted by Crippen LogP contribution is 2.27. The van der Waals surface area contributed by atoms with Gasteiger partial charge in [-0.05, 0) is 61.1 Å². The third kappa shape index (κ3) is 11.0. The Bertz CT molecular complexity index is 1710. The summed E-state index contributed by atoms with van der Waals surface area (Å²) in [7, 11) is 0. The zero-order chi connectivity index (χ0) is 34.6. The van der Waals surface area contributed by atoms with Crippen molar-refractivity contribution in [1.82, 2.24) is 20.3 Å². The van der Waals surface area contributed by atoms with Gasteiger partial charge in [-0.3, -0.25) is 9.59 Å². The topological polar surface area (TPSA) is 163 Å². The fraction of sp³-hybridized carbons (Fsp3) is 0.324. The van der Waals surface area contributed by atoms with Crippen LogP contribution in [0.25, 0.3) is 0 Å². The van der Waals surface area contributed by atoms with Crippen molar-refractivity contribution in [2.24, 2.45) is 5.73 Å². The van der Waals surface area contributed by atoms with Crippen LogP contribution in [-0.2, 0) is 17.8 Å². The van der Waals surface area contributed by atoms with E-state index in [0.717, 1.165) is 30.4 Å². The summed E-state index contributed by atoms with van der Waals surface area (Å²) in [5, 5.41) is 8.63. The number of rotatable bonds is 7. The smallest absolute Gasteiger partial charge is 0.422 e. The minimum absolute atomic E-state index is 0.0377. The number of primary amides is 1. The highest BCUT2D eigenvalue weighted by Gasteiger charge is 2.29. The molecule has 3 aromatic carbocycles. The first-order chi connectivity index (χ1) is 23.6. The summed E-state index contributed by atoms with van der Waals surface area (Å²) in [6, 6.07) is 19.6. The number of hydrogen-bond donors (Lipinski definition) is 4. The maximum Gasteiger partial charge on any atom is 0.422 e. The number of benzene rings is 3. The molecule has 258 valence electrons. The fourth-order valence-corrected chi connectivity index (χ4v) is 4.86. The van der Waals surface area contributed by atoms with E-state index in [4.69, 9.17) is 19.9 Å². The van der Waals surface area contributed by atoms with Crippen molar-refractivity contribution in [1.29, 1.82) is 0 Å². The molecule has 49 heavy (non-hydrogen) atoms. The predicted octanol–water partition coefficient (Wildman–Crippen LogP) is 5.33. The Morgan fingerprint density at radius 2 is 1.61 bits per heavy atom. The molecule has 0 saturated heterocycles. The van der Waals surface area contributed by atoms with Crippen molar-refractivity contribution >= 4 is 29.4 Å². The van der Waals surface area contributed by atoms with Crippen LogP contribution in [0.1, 0.15) is 47.2 Å². The third-order valence-corrected chi connectivity index (χ3v) is 7.33. The molecule has 0 fully saturated rings. The number of anilines is 3. The summed E-state index contributed by atoms with van der Waals surface area (Å²) in [5.41, 5.74) is 7.80. The highest BCUT2D eigenvalue weighted by molar-refractivity contribution is 6.00. The number of carbonyl (C=O) groups is 2. The van der Waals surface area contributed by atoms with Crippen LogP contribution < -0.4 is 35.9 Å². The molecular weight excluding hydrogens is 643 g/mol. The van der Waals surface area contributed by atoms with Crippen molar-refractivity contribution in [2.45, 2.75) is 50.9 Å². The van der Waals surface area contributed by atoms with E-state index in [2.05, 4.69) is 30.9 Å². The monoisotopic (exact) mass is 679 g/mol. The normalized spacial score (nSPS) is 14.4. The zero-order valence-electron chi connectivity index (χ0n) is 26.5. The number of nitrogens with two attached hydrogens (primary N) is 1. The van der Waals surface area contributed by atoms with Crippen LogP contribution in [0, 0.1) is 0 Å². The minimum Gasteiger partial charge on any atom is -0.494 e. The molecule has 12 nitrogen and oxygen atoms in total. The van der Waals surface area contributed by atoms with Gasteiger partial charge in [0, 0.05) is 24.7 Å². The van der Waals surface area contributed by atoms with Gasteiger partial charge in [-0.2, -0.15) is 28.1 Å². The van der Waals surface area contributed by atoms with Gasteiger partial charge in [0.1, 0.15) is 17.5 Å². The van der Waals surface area contributed by atoms with Crippen LogP contribution in [0.3, 0.4) is 0 Å². The van der Waals surface area contributed by atoms with Gasteiger partial charge in [0.2, 0.25) is 17.8 Å². The number of nitrogens with zero attached hydrogens (tertiary/aromatic N) is 3. The Kier molecular flexibility index (Phi) is 11.7. The van der Waals surface area contributed by atoms with E-state index in [1.165, 1.54) is 12.1 Å². The van der Waals surface area contributed by atoms with Gasteiger partial charge >= 0.3 is 12.2 Å². The molecule has 6 rings (SSSR count). The molecule has 0 radical (unpaired) electrons. The molecular formula is C34H36F3N7O5. The Morgan fingerprint density at radius 1 is 0.898 bits per heavy atom. The molecule has 3 heterocycles. The zero-order valence-corrected chi connectivity index (χ0v) is 26.5. The number of nitrogens with one attached hydrogen (secondary N) is 3. The second kappa shape index (κ2) is 16.5. The number of fused-ring (bicyclic) bond motifs is 10. The number of halogens is 3. The van der Waals surface area contributed by atoms with Crippen LogP contribution in [0.5, 0.6) is 17.5 Å². The molecule has 4 aromatic rings. The standard InChI is InChI=1S/C34H36F3N7O5/c35-34(36,37)21-49-33-43-31-39-20-23-10-13-25(14-11-23)47-16-6-1-2-7-17-48-28-19-24(40-32(42-31)44-33)12-15-26(28)30(46)41-27(29(38)45)18-22-8-4-3-5-9-22/h3-5,8-15,19,27H,1-2,6-7,16-18,20-21H2,(H2,38,45)(H,41,46)(H2,39,40,42,43,44). The van der Waals surface area contributed by atoms with Gasteiger partial charge in [-0.15, -0.1) is 0 Å². The molecule has 15 heteroatoms. The number of ether oxygens (including phenoxy) is 3. The van der Waals surface area contributed by atoms with E-state index in [1.807, 2.05) is 54.6 Å². The average molecular weight is 680 g/mol. The summed E-state index contributed by atoms with van der Waals surface area (Å²) in [5.74, 6) is -0.530. The largest absolute Gasteiger partial charge is 0.494 e. The fourth-order valence-electron chi connectivity index (χ4n) is 4.86. The predicted molar refractivity (Wildman–Crippen MR) is 175 cm³/mol. The van der Waals surface area contributed by atoms with Gasteiger partial charge in [0.25, 0.3) is 5.91 Å². The van der Waals surface area contributed by atoms with Gasteiger partial charge in [-0.1, -0.05) is 42.5 Å². The van der Waals surface area contributed by atoms with Crippen LogP contribution in [0.15, 0.2) is 72.8 Å². The molecule has 5 N–H and O–H groups in total. The van der Waals surface area contributed by atoms with Crippen LogP contribution in [0.2, 0.25) is 0 Å². The van der Waals surface area contributed by atoms with Gasteiger partial charge in [0.15, 0.2) is 6.61 Å². The molecule has 1 aromatic heterocycles. The van der Waals surface area contributed by atoms with Gasteiger partial charge < -0.3 is 35.9 Å². The first-order valence-corrected chi connectivity index (χ1v) is 15.7. The summed E-state index contributed by atoms with van der Waals surface area (Å²) >= 11 is 0. The molecule has 1 atom stereocenters. The summed E-state index contributed by atoms with van der Waals surface area (Å²) in [6.45, 7) is -0.532. The van der Waals surface area contributed by atoms with E-state index < -0.39 is 36.6 Å². The maximum atomic E-state index is 13.5. The van der Waals surface area contributed by atoms with Gasteiger partial charge in [0.05, 0.1) is 18.8 Å². The molecule has 0 aliphatic carbocycles. The average Bonchev–Trinajstić information content (AvgIpc) is 3.07. The third-order valence-electron chi connectivity index (χ3n) is 7.33. The second-order valence-electron chi connectivity index (χ2n) is 11.2. The summed E-state index contributed by atoms with van der Waals surface area (Å²) in [4.78, 5) is 38.0. The van der Waals surface area contributed by atoms with Crippen molar-refractivity contribution in [3.8, 4) is 17.5 Å². The van der Waals surface area contributed by atoms with Crippen LogP contribution in [-0.4, -0.2) is 58.8 Å². The van der Waals surface area contributed by atoms with Crippen molar-refractivity contribution in [3.63, 3.8) is 0 Å². The number of carbonyl (C=O) groups excluding carboxylic acids is 2. The van der Waals surface area contributed by atoms with Crippen LogP contribution in [0.4, 0.5) is 30.8 Å². The summed E-state index contributed by atoms with van der Waals surface area (Å²) in [6.07, 6.45) is -1.14. The van der Waals surface area contributed by atoms with E-state index in [9.17, 15) is 22.8 Å². The highest BCUT2D eigenvalue weighted by atomic mass is 19.4. The summed E-state index contributed by atoms with van der Waals surface area (Å²) < 4.78 is 55.6. The molecule has 6 bridgehead atoms. The van der Waals surface area contributed by atoms with Gasteiger partial charge in [-0.25, -0.2) is 0 Å². The quantitative estimate of drug-likeness (QED) is 0.201. The lowest BCUT2D eigenvalue weighted by Gasteiger charge is -2.18. The van der Waals surface area contributed by atoms with E-state index in [1.54, 1.807) is 6.07 Å². The Hall–Kier alpha value is -5.60. The van der Waals surface area contributed by atoms with E-state index in [-0.39, 0.29) is 42.8 Å². The Morgan fingerprint density at radius 3 is 2.33 bits per heavy atom. The first-order valence-electron chi connectivity index (χ1n) is 15.7. The molecule has 0 saturated carbocycles. The Balaban J connectivity index is 1.42. The van der Waals surface area contributed by atoms with Crippen molar-refractivity contribution in [3.05, 3.63) is 89.5 Å². The lowest BCUT2D eigenvalue weighted by atomic mass is 10.0. The maximum absolute atomic E-state index is 13.5. The number of amides is 2. The molecule has 2 aliphatic heterocycles. The minimum atomic E-state index is -4.61. The molecule has 2 aliphatic rings. The SMILES string of the molecule is NC(=O)C(Cc1ccccc1)NC(=O)c1ccc2cc1OCCCCCCOc1ccc(cc1)CNc1nc(nc(OCC(F)(F)F)n1)N2. The second-order valence-corrected chi connectivity index (χ2v) is 11.2. The Labute approximate surface area is 280 Å². The van der Waals surface area contributed by atoms with Crippen molar-refractivity contribution in [2.75, 3.05) is 30.5 Å². The number of alkyl halides is 3. The van der Waals surface area contributed by atoms with Crippen LogP contribution >= 0.6 is 0 Å². The van der Waals surface area contributed by atoms with Crippen molar-refractivity contribution < 1.29 is 37.0 Å². The van der Waals surface area contributed by atoms with E-state index >= 15 is 0 Å². The molecule has 1 unspecified atom stereocenters. The first kappa shape index (κ1) is 34.7.